The summed E-state index contributed by atoms with van der Waals surface area (Å²) in [5.74, 6) is -1.06. The van der Waals surface area contributed by atoms with Crippen LogP contribution in [0.4, 0.5) is 0 Å². The molecule has 0 bridgehead atoms. The molecule has 2 aromatic rings. The van der Waals surface area contributed by atoms with E-state index in [1.807, 2.05) is 37.3 Å². The summed E-state index contributed by atoms with van der Waals surface area (Å²) in [6.45, 7) is 1.88. The zero-order valence-electron chi connectivity index (χ0n) is 11.2. The van der Waals surface area contributed by atoms with Gasteiger partial charge < -0.3 is 9.67 Å². The van der Waals surface area contributed by atoms with Crippen molar-refractivity contribution in [2.45, 2.75) is 18.3 Å². The van der Waals surface area contributed by atoms with Gasteiger partial charge >= 0.3 is 5.97 Å². The van der Waals surface area contributed by atoms with Gasteiger partial charge in [0.25, 0.3) is 5.56 Å². The molecule has 0 aliphatic carbocycles. The Kier molecular flexibility index (Phi) is 5.00. The van der Waals surface area contributed by atoms with Crippen molar-refractivity contribution in [3.05, 3.63) is 68.0 Å². The number of hydrogen-bond donors (Lipinski definition) is 1. The fourth-order valence-corrected chi connectivity index (χ4v) is 3.24. The fraction of sp³-hybridized carbons (Fsp3) is 0.200. The number of halogens is 2. The molecule has 1 aromatic heterocycles. The van der Waals surface area contributed by atoms with Gasteiger partial charge in [0.05, 0.1) is 16.1 Å². The Morgan fingerprint density at radius 3 is 2.48 bits per heavy atom. The van der Waals surface area contributed by atoms with Crippen molar-refractivity contribution in [2.75, 3.05) is 0 Å². The van der Waals surface area contributed by atoms with Crippen molar-refractivity contribution in [1.29, 1.82) is 0 Å². The number of hydrogen-bond acceptors (Lipinski definition) is 2. The minimum atomic E-state index is -1.06. The van der Waals surface area contributed by atoms with Crippen LogP contribution in [0.2, 0.25) is 0 Å². The van der Waals surface area contributed by atoms with Crippen molar-refractivity contribution in [1.82, 2.24) is 4.57 Å². The lowest BCUT2D eigenvalue weighted by atomic mass is 10.1. The average molecular weight is 415 g/mol. The van der Waals surface area contributed by atoms with Gasteiger partial charge in [-0.15, -0.1) is 0 Å². The van der Waals surface area contributed by atoms with Crippen molar-refractivity contribution in [2.24, 2.45) is 0 Å². The Morgan fingerprint density at radius 1 is 1.33 bits per heavy atom. The van der Waals surface area contributed by atoms with E-state index < -0.39 is 5.97 Å². The number of carboxylic acids is 1. The SMILES string of the molecule is CC(c1ccccc1)n1c(CBr)c(C(=O)O)cc(Br)c1=O. The Morgan fingerprint density at radius 2 is 1.95 bits per heavy atom. The van der Waals surface area contributed by atoms with E-state index >= 15 is 0 Å². The molecule has 0 radical (unpaired) electrons. The summed E-state index contributed by atoms with van der Waals surface area (Å²) in [4.78, 5) is 23.8. The predicted molar refractivity (Wildman–Crippen MR) is 88.2 cm³/mol. The molecule has 0 aliphatic rings. The van der Waals surface area contributed by atoms with Gasteiger partial charge in [-0.25, -0.2) is 4.79 Å². The summed E-state index contributed by atoms with van der Waals surface area (Å²) in [5.41, 5.74) is 1.26. The van der Waals surface area contributed by atoms with Crippen molar-refractivity contribution in [3.8, 4) is 0 Å². The maximum Gasteiger partial charge on any atom is 0.337 e. The summed E-state index contributed by atoms with van der Waals surface area (Å²) in [7, 11) is 0. The Labute approximate surface area is 138 Å². The molecular formula is C15H13Br2NO3. The average Bonchev–Trinajstić information content (AvgIpc) is 2.49. The quantitative estimate of drug-likeness (QED) is 0.773. The minimum Gasteiger partial charge on any atom is -0.478 e. The molecule has 1 heterocycles. The second-order valence-corrected chi connectivity index (χ2v) is 5.97. The van der Waals surface area contributed by atoms with Crippen LogP contribution in [0, 0.1) is 0 Å². The standard InChI is InChI=1S/C15H13Br2NO3/c1-9(10-5-3-2-4-6-10)18-13(8-16)11(15(20)21)7-12(17)14(18)19/h2-7,9H,8H2,1H3,(H,20,21). The highest BCUT2D eigenvalue weighted by atomic mass is 79.9. The fourth-order valence-electron chi connectivity index (χ4n) is 2.25. The molecule has 21 heavy (non-hydrogen) atoms. The largest absolute Gasteiger partial charge is 0.478 e. The van der Waals surface area contributed by atoms with Crippen LogP contribution in [-0.2, 0) is 5.33 Å². The molecule has 4 nitrogen and oxygen atoms in total. The molecule has 2 rings (SSSR count). The molecule has 110 valence electrons. The van der Waals surface area contributed by atoms with E-state index in [9.17, 15) is 14.7 Å². The normalized spacial score (nSPS) is 12.1. The van der Waals surface area contributed by atoms with Gasteiger partial charge in [0.1, 0.15) is 0 Å². The minimum absolute atomic E-state index is 0.112. The zero-order valence-corrected chi connectivity index (χ0v) is 14.4. The van der Waals surface area contributed by atoms with Crippen molar-refractivity contribution < 1.29 is 9.90 Å². The molecule has 6 heteroatoms. The van der Waals surface area contributed by atoms with Gasteiger partial charge in [-0.2, -0.15) is 0 Å². The van der Waals surface area contributed by atoms with Gasteiger partial charge in [0, 0.05) is 11.0 Å². The molecule has 0 aliphatic heterocycles. The van der Waals surface area contributed by atoms with Crippen LogP contribution in [0.1, 0.15) is 34.6 Å². The number of rotatable bonds is 4. The van der Waals surface area contributed by atoms with E-state index in [2.05, 4.69) is 31.9 Å². The summed E-state index contributed by atoms with van der Waals surface area (Å²) in [6, 6.07) is 10.6. The van der Waals surface area contributed by atoms with E-state index in [1.54, 1.807) is 0 Å². The predicted octanol–water partition coefficient (Wildman–Crippen LogP) is 3.81. The van der Waals surface area contributed by atoms with Crippen molar-refractivity contribution in [3.63, 3.8) is 0 Å². The highest BCUT2D eigenvalue weighted by Crippen LogP contribution is 2.23. The number of aromatic nitrogens is 1. The number of carboxylic acid groups (broad SMARTS) is 1. The highest BCUT2D eigenvalue weighted by Gasteiger charge is 2.21. The van der Waals surface area contributed by atoms with Crippen LogP contribution in [-0.4, -0.2) is 15.6 Å². The molecule has 1 atom stereocenters. The molecule has 0 fully saturated rings. The molecule has 1 unspecified atom stereocenters. The lowest BCUT2D eigenvalue weighted by Gasteiger charge is -2.21. The Hall–Kier alpha value is -1.40. The number of benzene rings is 1. The Balaban J connectivity index is 2.73. The highest BCUT2D eigenvalue weighted by molar-refractivity contribution is 9.10. The first kappa shape index (κ1) is 16.0. The van der Waals surface area contributed by atoms with E-state index in [0.29, 0.717) is 5.69 Å². The van der Waals surface area contributed by atoms with E-state index in [4.69, 9.17) is 0 Å². The first-order chi connectivity index (χ1) is 9.97. The molecular weight excluding hydrogens is 402 g/mol. The van der Waals surface area contributed by atoms with Crippen LogP contribution < -0.4 is 5.56 Å². The van der Waals surface area contributed by atoms with Crippen LogP contribution in [0.15, 0.2) is 45.7 Å². The van der Waals surface area contributed by atoms with Gasteiger partial charge in [-0.3, -0.25) is 4.79 Å². The number of pyridine rings is 1. The lowest BCUT2D eigenvalue weighted by Crippen LogP contribution is -2.29. The first-order valence-electron chi connectivity index (χ1n) is 6.25. The Bertz CT molecular complexity index is 726. The molecule has 0 saturated heterocycles. The van der Waals surface area contributed by atoms with Crippen LogP contribution in [0.5, 0.6) is 0 Å². The third kappa shape index (κ3) is 3.11. The topological polar surface area (TPSA) is 59.3 Å². The second-order valence-electron chi connectivity index (χ2n) is 4.55. The number of aromatic carboxylic acids is 1. The van der Waals surface area contributed by atoms with Crippen LogP contribution in [0.25, 0.3) is 0 Å². The van der Waals surface area contributed by atoms with Gasteiger partial charge in [0.15, 0.2) is 0 Å². The third-order valence-corrected chi connectivity index (χ3v) is 4.42. The van der Waals surface area contributed by atoms with E-state index in [1.165, 1.54) is 10.6 Å². The third-order valence-electron chi connectivity index (χ3n) is 3.32. The summed E-state index contributed by atoms with van der Waals surface area (Å²) >= 11 is 6.45. The van der Waals surface area contributed by atoms with Crippen molar-refractivity contribution >= 4 is 37.8 Å². The molecule has 0 amide bonds. The summed E-state index contributed by atoms with van der Waals surface area (Å²) in [5, 5.41) is 9.62. The zero-order chi connectivity index (χ0) is 15.6. The monoisotopic (exact) mass is 413 g/mol. The maximum absolute atomic E-state index is 12.4. The van der Waals surface area contributed by atoms with E-state index in [-0.39, 0.29) is 27.0 Å². The van der Waals surface area contributed by atoms with Gasteiger partial charge in [-0.1, -0.05) is 46.3 Å². The molecule has 0 spiro atoms. The number of nitrogens with zero attached hydrogens (tertiary/aromatic N) is 1. The summed E-state index contributed by atoms with van der Waals surface area (Å²) in [6.07, 6.45) is 0. The maximum atomic E-state index is 12.4. The smallest absolute Gasteiger partial charge is 0.337 e. The second kappa shape index (κ2) is 6.58. The number of carbonyl (C=O) groups is 1. The van der Waals surface area contributed by atoms with Gasteiger partial charge in [0.2, 0.25) is 0 Å². The van der Waals surface area contributed by atoms with Crippen LogP contribution >= 0.6 is 31.9 Å². The molecule has 0 saturated carbocycles. The van der Waals surface area contributed by atoms with Gasteiger partial charge in [-0.05, 0) is 34.5 Å². The molecule has 1 aromatic carbocycles. The number of alkyl halides is 1. The first-order valence-corrected chi connectivity index (χ1v) is 8.17. The lowest BCUT2D eigenvalue weighted by molar-refractivity contribution is 0.0694. The van der Waals surface area contributed by atoms with E-state index in [0.717, 1.165) is 5.56 Å². The molecule has 1 N–H and O–H groups in total. The van der Waals surface area contributed by atoms with Crippen LogP contribution in [0.3, 0.4) is 0 Å². The summed E-state index contributed by atoms with van der Waals surface area (Å²) < 4.78 is 1.75.